The Morgan fingerprint density at radius 2 is 1.85 bits per heavy atom. The largest absolute Gasteiger partial charge is 0.573 e. The van der Waals surface area contributed by atoms with Crippen LogP contribution in [0.1, 0.15) is 0 Å². The molecule has 0 amide bonds. The van der Waals surface area contributed by atoms with Crippen LogP contribution in [0.4, 0.5) is 13.2 Å². The lowest BCUT2D eigenvalue weighted by Crippen LogP contribution is -2.17. The minimum absolute atomic E-state index is 0.227. The van der Waals surface area contributed by atoms with Gasteiger partial charge in [0.15, 0.2) is 0 Å². The maximum absolute atomic E-state index is 11.8. The Kier molecular flexibility index (Phi) is 3.38. The van der Waals surface area contributed by atoms with E-state index in [-0.39, 0.29) is 5.75 Å². The Balaban J connectivity index is 2.87. The quantitative estimate of drug-likeness (QED) is 0.610. The molecule has 13 heavy (non-hydrogen) atoms. The first-order chi connectivity index (χ1) is 6.03. The second kappa shape index (κ2) is 4.15. The maximum atomic E-state index is 11.8. The molecular formula is C7H5F3OS2. The lowest BCUT2D eigenvalue weighted by atomic mass is 10.3. The highest BCUT2D eigenvalue weighted by Gasteiger charge is 2.31. The van der Waals surface area contributed by atoms with Crippen LogP contribution in [0, 0.1) is 0 Å². The van der Waals surface area contributed by atoms with Gasteiger partial charge >= 0.3 is 6.36 Å². The van der Waals surface area contributed by atoms with Gasteiger partial charge < -0.3 is 4.74 Å². The third-order valence-electron chi connectivity index (χ3n) is 1.17. The third-order valence-corrected chi connectivity index (χ3v) is 2.30. The fourth-order valence-electron chi connectivity index (χ4n) is 0.735. The summed E-state index contributed by atoms with van der Waals surface area (Å²) in [6.45, 7) is 0. The molecule has 1 aromatic rings. The van der Waals surface area contributed by atoms with E-state index in [0.29, 0.717) is 4.90 Å². The maximum Gasteiger partial charge on any atom is 0.573 e. The third kappa shape index (κ3) is 3.40. The molecule has 0 saturated heterocycles. The van der Waals surface area contributed by atoms with Crippen LogP contribution >= 0.6 is 22.5 Å². The molecule has 0 spiro atoms. The molecule has 0 aromatic heterocycles. The molecule has 1 nitrogen and oxygen atoms in total. The molecule has 1 aromatic carbocycles. The van der Waals surface area contributed by atoms with Crippen molar-refractivity contribution in [2.24, 2.45) is 0 Å². The zero-order chi connectivity index (χ0) is 9.90. The molecule has 1 rings (SSSR count). The molecular weight excluding hydrogens is 221 g/mol. The number of thiol groups is 1. The Morgan fingerprint density at radius 1 is 1.23 bits per heavy atom. The molecule has 0 fully saturated rings. The van der Waals surface area contributed by atoms with Crippen molar-refractivity contribution in [1.82, 2.24) is 0 Å². The van der Waals surface area contributed by atoms with E-state index in [0.717, 1.165) is 10.8 Å². The predicted octanol–water partition coefficient (Wildman–Crippen LogP) is 3.52. The molecule has 0 aliphatic heterocycles. The number of alkyl halides is 3. The summed E-state index contributed by atoms with van der Waals surface area (Å²) in [5.41, 5.74) is 0. The van der Waals surface area contributed by atoms with Gasteiger partial charge in [0, 0.05) is 0 Å². The van der Waals surface area contributed by atoms with Crippen molar-refractivity contribution in [3.8, 4) is 5.75 Å². The van der Waals surface area contributed by atoms with Gasteiger partial charge in [0.2, 0.25) is 0 Å². The van der Waals surface area contributed by atoms with Gasteiger partial charge in [-0.05, 0) is 12.1 Å². The topological polar surface area (TPSA) is 9.23 Å². The number of benzene rings is 1. The van der Waals surface area contributed by atoms with E-state index in [1.165, 1.54) is 18.2 Å². The molecule has 0 unspecified atom stereocenters. The average Bonchev–Trinajstić information content (AvgIpc) is 2.02. The van der Waals surface area contributed by atoms with Gasteiger partial charge in [-0.1, -0.05) is 22.9 Å². The Morgan fingerprint density at radius 3 is 2.38 bits per heavy atom. The zero-order valence-electron chi connectivity index (χ0n) is 6.21. The molecule has 0 heterocycles. The minimum atomic E-state index is -4.65. The fourth-order valence-corrected chi connectivity index (χ4v) is 1.53. The first kappa shape index (κ1) is 10.6. The molecule has 0 aliphatic carbocycles. The molecule has 6 heteroatoms. The van der Waals surface area contributed by atoms with Crippen LogP contribution in [0.2, 0.25) is 0 Å². The Bertz CT molecular complexity index is 287. The summed E-state index contributed by atoms with van der Waals surface area (Å²) in [6, 6.07) is 5.82. The number of hydrogen-bond donors (Lipinski definition) is 1. The van der Waals surface area contributed by atoms with E-state index in [4.69, 9.17) is 0 Å². The SMILES string of the molecule is FC(F)(F)Oc1ccccc1SS. The summed E-state index contributed by atoms with van der Waals surface area (Å²) < 4.78 is 39.2. The van der Waals surface area contributed by atoms with Crippen molar-refractivity contribution in [2.75, 3.05) is 0 Å². The molecule has 0 atom stereocenters. The highest BCUT2D eigenvalue weighted by Crippen LogP contribution is 2.34. The van der Waals surface area contributed by atoms with E-state index in [1.54, 1.807) is 6.07 Å². The molecule has 0 aliphatic rings. The van der Waals surface area contributed by atoms with Crippen LogP contribution in [0.15, 0.2) is 29.2 Å². The summed E-state index contributed by atoms with van der Waals surface area (Å²) in [5, 5.41) is 0. The van der Waals surface area contributed by atoms with Crippen molar-refractivity contribution < 1.29 is 17.9 Å². The van der Waals surface area contributed by atoms with Gasteiger partial charge in [0.05, 0.1) is 4.90 Å². The van der Waals surface area contributed by atoms with Crippen molar-refractivity contribution >= 4 is 22.5 Å². The normalized spacial score (nSPS) is 11.4. The number of hydrogen-bond acceptors (Lipinski definition) is 3. The monoisotopic (exact) mass is 226 g/mol. The molecule has 0 N–H and O–H groups in total. The van der Waals surface area contributed by atoms with Crippen LogP contribution in [-0.2, 0) is 0 Å². The zero-order valence-corrected chi connectivity index (χ0v) is 7.92. The van der Waals surface area contributed by atoms with Gasteiger partial charge in [-0.3, -0.25) is 0 Å². The van der Waals surface area contributed by atoms with Crippen molar-refractivity contribution in [1.29, 1.82) is 0 Å². The van der Waals surface area contributed by atoms with E-state index in [9.17, 15) is 13.2 Å². The van der Waals surface area contributed by atoms with E-state index in [2.05, 4.69) is 16.4 Å². The van der Waals surface area contributed by atoms with E-state index in [1.807, 2.05) is 0 Å². The lowest BCUT2D eigenvalue weighted by Gasteiger charge is -2.10. The van der Waals surface area contributed by atoms with Gasteiger partial charge in [0.25, 0.3) is 0 Å². The molecule has 72 valence electrons. The van der Waals surface area contributed by atoms with E-state index < -0.39 is 6.36 Å². The highest BCUT2D eigenvalue weighted by molar-refractivity contribution is 8.68. The van der Waals surface area contributed by atoms with E-state index >= 15 is 0 Å². The van der Waals surface area contributed by atoms with Crippen LogP contribution in [0.5, 0.6) is 5.75 Å². The van der Waals surface area contributed by atoms with Gasteiger partial charge in [-0.2, -0.15) is 0 Å². The summed E-state index contributed by atoms with van der Waals surface area (Å²) in [6.07, 6.45) is -4.65. The van der Waals surface area contributed by atoms with Crippen LogP contribution in [0.3, 0.4) is 0 Å². The van der Waals surface area contributed by atoms with Gasteiger partial charge in [0.1, 0.15) is 5.75 Å². The Hall–Kier alpha value is -0.490. The second-order valence-electron chi connectivity index (χ2n) is 2.09. The van der Waals surface area contributed by atoms with Crippen LogP contribution in [0.25, 0.3) is 0 Å². The first-order valence-corrected chi connectivity index (χ1v) is 5.06. The standard InChI is InChI=1S/C7H5F3OS2/c8-7(9,10)11-5-3-1-2-4-6(5)13-12/h1-4,12H. The lowest BCUT2D eigenvalue weighted by molar-refractivity contribution is -0.275. The number of para-hydroxylation sites is 1. The average molecular weight is 226 g/mol. The number of ether oxygens (including phenoxy) is 1. The van der Waals surface area contributed by atoms with Crippen LogP contribution in [-0.4, -0.2) is 6.36 Å². The minimum Gasteiger partial charge on any atom is -0.405 e. The summed E-state index contributed by atoms with van der Waals surface area (Å²) in [5.74, 6) is -0.227. The molecule has 0 bridgehead atoms. The summed E-state index contributed by atoms with van der Waals surface area (Å²) in [4.78, 5) is 0.336. The van der Waals surface area contributed by atoms with Crippen molar-refractivity contribution in [2.45, 2.75) is 11.3 Å². The predicted molar refractivity (Wildman–Crippen MR) is 48.0 cm³/mol. The fraction of sp³-hybridized carbons (Fsp3) is 0.143. The molecule has 0 radical (unpaired) electrons. The smallest absolute Gasteiger partial charge is 0.405 e. The molecule has 0 saturated carbocycles. The van der Waals surface area contributed by atoms with Gasteiger partial charge in [-0.25, -0.2) is 0 Å². The Labute approximate surface area is 82.1 Å². The van der Waals surface area contributed by atoms with Crippen molar-refractivity contribution in [3.05, 3.63) is 24.3 Å². The van der Waals surface area contributed by atoms with Crippen LogP contribution < -0.4 is 4.74 Å². The summed E-state index contributed by atoms with van der Waals surface area (Å²) in [7, 11) is 0.906. The number of rotatable bonds is 2. The highest BCUT2D eigenvalue weighted by atomic mass is 33.1. The summed E-state index contributed by atoms with van der Waals surface area (Å²) >= 11 is 3.80. The van der Waals surface area contributed by atoms with Crippen molar-refractivity contribution in [3.63, 3.8) is 0 Å². The first-order valence-electron chi connectivity index (χ1n) is 3.19. The van der Waals surface area contributed by atoms with Gasteiger partial charge in [-0.15, -0.1) is 24.8 Å². The number of halogens is 3. The second-order valence-corrected chi connectivity index (χ2v) is 3.26.